The van der Waals surface area contributed by atoms with E-state index < -0.39 is 11.9 Å². The van der Waals surface area contributed by atoms with E-state index in [0.717, 1.165) is 0 Å². The van der Waals surface area contributed by atoms with Crippen LogP contribution in [-0.4, -0.2) is 22.2 Å². The third-order valence-corrected chi connectivity index (χ3v) is 2.03. The summed E-state index contributed by atoms with van der Waals surface area (Å²) >= 11 is 0.479. The van der Waals surface area contributed by atoms with Crippen LogP contribution in [0.2, 0.25) is 0 Å². The molecule has 56 valence electrons. The van der Waals surface area contributed by atoms with Gasteiger partial charge in [0.15, 0.2) is 0 Å². The van der Waals surface area contributed by atoms with Crippen molar-refractivity contribution >= 4 is 11.8 Å². The van der Waals surface area contributed by atoms with Crippen LogP contribution in [-0.2, 0) is 0 Å². The molecule has 0 heterocycles. The molecular weight excluding hydrogens is 146 g/mol. The molecule has 0 fully saturated rings. The highest BCUT2D eigenvalue weighted by Crippen LogP contribution is 2.21. The van der Waals surface area contributed by atoms with Gasteiger partial charge in [0, 0.05) is 5.25 Å². The summed E-state index contributed by atoms with van der Waals surface area (Å²) in [4.78, 5) is 0. The number of alkyl halides is 2. The average molecular weight is 156 g/mol. The molecule has 0 saturated heterocycles. The maximum Gasteiger partial charge on any atom is 0.284 e. The second kappa shape index (κ2) is 4.06. The highest BCUT2D eigenvalue weighted by molar-refractivity contribution is 8.00. The summed E-state index contributed by atoms with van der Waals surface area (Å²) in [5.41, 5.74) is 0. The van der Waals surface area contributed by atoms with E-state index >= 15 is 0 Å². The van der Waals surface area contributed by atoms with Crippen molar-refractivity contribution in [3.8, 4) is 0 Å². The van der Waals surface area contributed by atoms with Crippen LogP contribution in [0.1, 0.15) is 13.8 Å². The van der Waals surface area contributed by atoms with Crippen molar-refractivity contribution in [3.05, 3.63) is 0 Å². The number of hydrogen-bond acceptors (Lipinski definition) is 2. The molecule has 1 N–H and O–H groups in total. The van der Waals surface area contributed by atoms with Gasteiger partial charge in [0.1, 0.15) is 0 Å². The molecule has 9 heavy (non-hydrogen) atoms. The highest BCUT2D eigenvalue weighted by atomic mass is 32.2. The third-order valence-electron chi connectivity index (χ3n) is 0.997. The van der Waals surface area contributed by atoms with Crippen LogP contribution in [0.3, 0.4) is 0 Å². The number of aliphatic hydroxyl groups is 1. The van der Waals surface area contributed by atoms with Gasteiger partial charge in [0.25, 0.3) is 5.76 Å². The minimum absolute atomic E-state index is 0.384. The Kier molecular flexibility index (Phi) is 4.14. The van der Waals surface area contributed by atoms with Crippen LogP contribution >= 0.6 is 11.8 Å². The Labute approximate surface area is 57.4 Å². The lowest BCUT2D eigenvalue weighted by molar-refractivity contribution is 0.191. The van der Waals surface area contributed by atoms with Crippen LogP contribution in [0.15, 0.2) is 0 Å². The fourth-order valence-corrected chi connectivity index (χ4v) is 0.828. The largest absolute Gasteiger partial charge is 0.392 e. The van der Waals surface area contributed by atoms with Crippen LogP contribution in [0.5, 0.6) is 0 Å². The molecule has 0 radical (unpaired) electrons. The smallest absolute Gasteiger partial charge is 0.284 e. The van der Waals surface area contributed by atoms with E-state index in [0.29, 0.717) is 11.8 Å². The first-order valence-corrected chi connectivity index (χ1v) is 3.60. The van der Waals surface area contributed by atoms with Gasteiger partial charge in [0.05, 0.1) is 6.10 Å². The Balaban J connectivity index is 3.38. The molecule has 4 heteroatoms. The van der Waals surface area contributed by atoms with Crippen LogP contribution in [0.25, 0.3) is 0 Å². The van der Waals surface area contributed by atoms with E-state index in [1.807, 2.05) is 0 Å². The van der Waals surface area contributed by atoms with E-state index in [4.69, 9.17) is 5.11 Å². The zero-order valence-corrected chi connectivity index (χ0v) is 6.16. The summed E-state index contributed by atoms with van der Waals surface area (Å²) < 4.78 is 23.0. The van der Waals surface area contributed by atoms with Gasteiger partial charge >= 0.3 is 0 Å². The van der Waals surface area contributed by atoms with Gasteiger partial charge in [-0.25, -0.2) is 0 Å². The minimum atomic E-state index is -2.38. The Morgan fingerprint density at radius 2 is 1.78 bits per heavy atom. The number of rotatable bonds is 3. The number of halogens is 2. The molecule has 0 saturated carbocycles. The Morgan fingerprint density at radius 1 is 1.33 bits per heavy atom. The summed E-state index contributed by atoms with van der Waals surface area (Å²) in [6.45, 7) is 3.07. The van der Waals surface area contributed by atoms with Gasteiger partial charge in [-0.05, 0) is 6.92 Å². The number of hydrogen-bond donors (Lipinski definition) is 1. The Morgan fingerprint density at radius 3 is 1.89 bits per heavy atom. The molecule has 0 aromatic rings. The third kappa shape index (κ3) is 4.66. The minimum Gasteiger partial charge on any atom is -0.392 e. The van der Waals surface area contributed by atoms with Crippen LogP contribution < -0.4 is 0 Å². The quantitative estimate of drug-likeness (QED) is 0.671. The molecule has 0 aromatic heterocycles. The molecule has 0 amide bonds. The van der Waals surface area contributed by atoms with E-state index in [1.54, 1.807) is 6.92 Å². The first kappa shape index (κ1) is 9.17. The van der Waals surface area contributed by atoms with Crippen molar-refractivity contribution in [3.63, 3.8) is 0 Å². The van der Waals surface area contributed by atoms with Gasteiger partial charge in [0.2, 0.25) is 0 Å². The lowest BCUT2D eigenvalue weighted by atomic mass is 10.3. The number of aliphatic hydroxyl groups excluding tert-OH is 1. The Hall–Kier alpha value is 0.170. The normalized spacial score (nSPS) is 18.0. The van der Waals surface area contributed by atoms with Crippen molar-refractivity contribution in [1.82, 2.24) is 0 Å². The van der Waals surface area contributed by atoms with Crippen LogP contribution in [0.4, 0.5) is 8.78 Å². The summed E-state index contributed by atoms with van der Waals surface area (Å²) in [7, 11) is 0. The van der Waals surface area contributed by atoms with E-state index in [1.165, 1.54) is 6.92 Å². The zero-order valence-electron chi connectivity index (χ0n) is 5.34. The molecule has 1 nitrogen and oxygen atoms in total. The predicted octanol–water partition coefficient (Wildman–Crippen LogP) is 1.71. The fourth-order valence-electron chi connectivity index (χ4n) is 0.276. The molecule has 0 aliphatic rings. The molecule has 0 aliphatic heterocycles. The van der Waals surface area contributed by atoms with Gasteiger partial charge in [-0.2, -0.15) is 8.78 Å². The predicted molar refractivity (Wildman–Crippen MR) is 34.7 cm³/mol. The topological polar surface area (TPSA) is 20.2 Å². The van der Waals surface area contributed by atoms with E-state index in [-0.39, 0.29) is 5.25 Å². The van der Waals surface area contributed by atoms with Gasteiger partial charge < -0.3 is 5.11 Å². The van der Waals surface area contributed by atoms with Crippen molar-refractivity contribution in [2.75, 3.05) is 0 Å². The summed E-state index contributed by atoms with van der Waals surface area (Å²) in [5.74, 6) is -2.38. The van der Waals surface area contributed by atoms with E-state index in [2.05, 4.69) is 0 Å². The Bertz CT molecular complexity index is 77.4. The lowest BCUT2D eigenvalue weighted by Gasteiger charge is -2.12. The second-order valence-corrected chi connectivity index (χ2v) is 3.21. The second-order valence-electron chi connectivity index (χ2n) is 1.84. The van der Waals surface area contributed by atoms with Gasteiger partial charge in [-0.15, -0.1) is 0 Å². The molecule has 2 unspecified atom stereocenters. The molecule has 0 aliphatic carbocycles. The van der Waals surface area contributed by atoms with Gasteiger partial charge in [-0.3, -0.25) is 0 Å². The van der Waals surface area contributed by atoms with E-state index in [9.17, 15) is 8.78 Å². The zero-order chi connectivity index (χ0) is 7.44. The SMILES string of the molecule is CC(O)C(C)SC(F)F. The fraction of sp³-hybridized carbons (Fsp3) is 1.00. The standard InChI is InChI=1S/C5H10F2OS/c1-3(8)4(2)9-5(6)7/h3-5,8H,1-2H3. The van der Waals surface area contributed by atoms with Crippen molar-refractivity contribution in [2.24, 2.45) is 0 Å². The summed E-state index contributed by atoms with van der Waals surface area (Å²) in [5, 5.41) is 8.33. The molecule has 2 atom stereocenters. The molecule has 0 bridgehead atoms. The average Bonchev–Trinajstić information content (AvgIpc) is 1.63. The molecule has 0 aromatic carbocycles. The molecule has 0 spiro atoms. The number of thioether (sulfide) groups is 1. The first-order valence-electron chi connectivity index (χ1n) is 2.65. The van der Waals surface area contributed by atoms with Crippen molar-refractivity contribution in [2.45, 2.75) is 31.0 Å². The highest BCUT2D eigenvalue weighted by Gasteiger charge is 2.14. The summed E-state index contributed by atoms with van der Waals surface area (Å²) in [6.07, 6.45) is -0.663. The lowest BCUT2D eigenvalue weighted by Crippen LogP contribution is -2.16. The molecule has 0 rings (SSSR count). The first-order chi connectivity index (χ1) is 4.04. The summed E-state index contributed by atoms with van der Waals surface area (Å²) in [6, 6.07) is 0. The molecular formula is C5H10F2OS. The monoisotopic (exact) mass is 156 g/mol. The maximum atomic E-state index is 11.5. The van der Waals surface area contributed by atoms with Gasteiger partial charge in [-0.1, -0.05) is 18.7 Å². The van der Waals surface area contributed by atoms with Crippen LogP contribution in [0, 0.1) is 0 Å². The van der Waals surface area contributed by atoms with Crippen molar-refractivity contribution < 1.29 is 13.9 Å². The van der Waals surface area contributed by atoms with Crippen molar-refractivity contribution in [1.29, 1.82) is 0 Å². The maximum absolute atomic E-state index is 11.5.